The summed E-state index contributed by atoms with van der Waals surface area (Å²) in [4.78, 5) is 15.0. The molecular formula is C24H23NO4. The molecule has 29 heavy (non-hydrogen) atoms. The molecule has 0 aliphatic rings. The minimum Gasteiger partial charge on any atom is -0.494 e. The van der Waals surface area contributed by atoms with Crippen molar-refractivity contribution in [2.75, 3.05) is 13.2 Å². The summed E-state index contributed by atoms with van der Waals surface area (Å²) in [6.07, 6.45) is 1.81. The molecule has 0 radical (unpaired) electrons. The predicted octanol–water partition coefficient (Wildman–Crippen LogP) is 5.27. The quantitative estimate of drug-likeness (QED) is 0.533. The third kappa shape index (κ3) is 5.69. The second-order valence-electron chi connectivity index (χ2n) is 6.47. The average molecular weight is 389 g/mol. The lowest BCUT2D eigenvalue weighted by Crippen LogP contribution is -2.09. The van der Waals surface area contributed by atoms with Crippen LogP contribution < -0.4 is 9.47 Å². The maximum absolute atomic E-state index is 10.5. The number of carboxylic acids is 1. The molecule has 5 heteroatoms. The van der Waals surface area contributed by atoms with Crippen LogP contribution in [0.15, 0.2) is 71.7 Å². The minimum atomic E-state index is -1.00. The van der Waals surface area contributed by atoms with Gasteiger partial charge < -0.3 is 14.6 Å². The number of rotatable bonds is 8. The van der Waals surface area contributed by atoms with E-state index in [4.69, 9.17) is 14.6 Å². The van der Waals surface area contributed by atoms with Gasteiger partial charge in [0.05, 0.1) is 12.3 Å². The molecule has 0 bridgehead atoms. The van der Waals surface area contributed by atoms with Gasteiger partial charge in [-0.05, 0) is 78.6 Å². The van der Waals surface area contributed by atoms with Crippen molar-refractivity contribution >= 4 is 17.9 Å². The van der Waals surface area contributed by atoms with E-state index < -0.39 is 5.97 Å². The standard InChI is InChI=1S/C24H23NO4/c1-3-28-22-11-12-23(17(2)13-22)19-6-4-5-18(14-19)15-25-20-7-9-21(10-8-20)29-16-24(26)27/h4-15H,3,16H2,1-2H3,(H,26,27)/b25-15+. The predicted molar refractivity (Wildman–Crippen MR) is 115 cm³/mol. The molecule has 5 nitrogen and oxygen atoms in total. The normalized spacial score (nSPS) is 10.8. The average Bonchev–Trinajstić information content (AvgIpc) is 2.72. The van der Waals surface area contributed by atoms with Gasteiger partial charge in [0, 0.05) is 6.21 Å². The summed E-state index contributed by atoms with van der Waals surface area (Å²) in [5.74, 6) is 0.372. The molecule has 0 heterocycles. The molecular weight excluding hydrogens is 366 g/mol. The Balaban J connectivity index is 1.73. The lowest BCUT2D eigenvalue weighted by atomic mass is 9.99. The van der Waals surface area contributed by atoms with Crippen LogP contribution >= 0.6 is 0 Å². The van der Waals surface area contributed by atoms with E-state index in [1.165, 1.54) is 0 Å². The third-order valence-corrected chi connectivity index (χ3v) is 4.27. The van der Waals surface area contributed by atoms with Crippen LogP contribution in [0, 0.1) is 6.92 Å². The Kier molecular flexibility index (Phi) is 6.63. The Morgan fingerprint density at radius 3 is 2.45 bits per heavy atom. The van der Waals surface area contributed by atoms with E-state index in [1.54, 1.807) is 30.5 Å². The highest BCUT2D eigenvalue weighted by molar-refractivity contribution is 5.85. The van der Waals surface area contributed by atoms with E-state index >= 15 is 0 Å². The monoisotopic (exact) mass is 389 g/mol. The lowest BCUT2D eigenvalue weighted by Gasteiger charge is -2.10. The number of benzene rings is 3. The van der Waals surface area contributed by atoms with Gasteiger partial charge in [0.25, 0.3) is 0 Å². The Labute approximate surface area is 170 Å². The molecule has 0 aromatic heterocycles. The number of aliphatic imine (C=N–C) groups is 1. The first-order valence-corrected chi connectivity index (χ1v) is 9.38. The van der Waals surface area contributed by atoms with Gasteiger partial charge in [0.15, 0.2) is 6.61 Å². The number of aliphatic carboxylic acids is 1. The zero-order chi connectivity index (χ0) is 20.6. The molecule has 1 N–H and O–H groups in total. The van der Waals surface area contributed by atoms with Crippen molar-refractivity contribution < 1.29 is 19.4 Å². The van der Waals surface area contributed by atoms with E-state index in [0.29, 0.717) is 12.4 Å². The highest BCUT2D eigenvalue weighted by Crippen LogP contribution is 2.27. The summed E-state index contributed by atoms with van der Waals surface area (Å²) in [5, 5.41) is 8.64. The Morgan fingerprint density at radius 1 is 1.00 bits per heavy atom. The highest BCUT2D eigenvalue weighted by atomic mass is 16.5. The molecule has 0 aliphatic heterocycles. The Bertz CT molecular complexity index is 1010. The summed E-state index contributed by atoms with van der Waals surface area (Å²) in [7, 11) is 0. The molecule has 3 rings (SSSR count). The molecule has 0 aliphatic carbocycles. The molecule has 0 fully saturated rings. The van der Waals surface area contributed by atoms with Crippen molar-refractivity contribution in [2.24, 2.45) is 4.99 Å². The van der Waals surface area contributed by atoms with Crippen LogP contribution in [0.2, 0.25) is 0 Å². The molecule has 0 saturated carbocycles. The first kappa shape index (κ1) is 20.1. The number of nitrogens with zero attached hydrogens (tertiary/aromatic N) is 1. The first-order chi connectivity index (χ1) is 14.0. The molecule has 3 aromatic carbocycles. The smallest absolute Gasteiger partial charge is 0.341 e. The summed E-state index contributed by atoms with van der Waals surface area (Å²) < 4.78 is 10.7. The first-order valence-electron chi connectivity index (χ1n) is 9.38. The molecule has 0 amide bonds. The van der Waals surface area contributed by atoms with Crippen LogP contribution in [0.3, 0.4) is 0 Å². The van der Waals surface area contributed by atoms with Gasteiger partial charge in [-0.25, -0.2) is 4.79 Å². The Hall–Kier alpha value is -3.60. The van der Waals surface area contributed by atoms with Crippen LogP contribution in [-0.4, -0.2) is 30.5 Å². The summed E-state index contributed by atoms with van der Waals surface area (Å²) in [5.41, 5.74) is 5.18. The maximum Gasteiger partial charge on any atom is 0.341 e. The van der Waals surface area contributed by atoms with Crippen molar-refractivity contribution in [3.8, 4) is 22.6 Å². The van der Waals surface area contributed by atoms with Crippen molar-refractivity contribution in [3.05, 3.63) is 77.9 Å². The van der Waals surface area contributed by atoms with Gasteiger partial charge in [0.2, 0.25) is 0 Å². The number of hydrogen-bond donors (Lipinski definition) is 1. The molecule has 0 unspecified atom stereocenters. The summed E-state index contributed by atoms with van der Waals surface area (Å²) in [6, 6.07) is 21.3. The lowest BCUT2D eigenvalue weighted by molar-refractivity contribution is -0.139. The van der Waals surface area contributed by atoms with Gasteiger partial charge in [-0.1, -0.05) is 24.3 Å². The third-order valence-electron chi connectivity index (χ3n) is 4.27. The van der Waals surface area contributed by atoms with Crippen molar-refractivity contribution in [3.63, 3.8) is 0 Å². The van der Waals surface area contributed by atoms with Gasteiger partial charge in [-0.2, -0.15) is 0 Å². The maximum atomic E-state index is 10.5. The van der Waals surface area contributed by atoms with Gasteiger partial charge in [-0.3, -0.25) is 4.99 Å². The van der Waals surface area contributed by atoms with E-state index in [1.807, 2.05) is 31.2 Å². The fourth-order valence-corrected chi connectivity index (χ4v) is 2.93. The minimum absolute atomic E-state index is 0.361. The van der Waals surface area contributed by atoms with E-state index in [0.717, 1.165) is 33.7 Å². The molecule has 0 saturated heterocycles. The van der Waals surface area contributed by atoms with E-state index in [-0.39, 0.29) is 6.61 Å². The van der Waals surface area contributed by atoms with E-state index in [9.17, 15) is 4.79 Å². The van der Waals surface area contributed by atoms with Crippen molar-refractivity contribution in [1.29, 1.82) is 0 Å². The number of ether oxygens (including phenoxy) is 2. The second-order valence-corrected chi connectivity index (χ2v) is 6.47. The molecule has 148 valence electrons. The zero-order valence-electron chi connectivity index (χ0n) is 16.5. The van der Waals surface area contributed by atoms with Crippen LogP contribution in [-0.2, 0) is 4.79 Å². The van der Waals surface area contributed by atoms with Crippen molar-refractivity contribution in [1.82, 2.24) is 0 Å². The van der Waals surface area contributed by atoms with Gasteiger partial charge >= 0.3 is 5.97 Å². The fourth-order valence-electron chi connectivity index (χ4n) is 2.93. The van der Waals surface area contributed by atoms with Gasteiger partial charge in [-0.15, -0.1) is 0 Å². The number of carboxylic acid groups (broad SMARTS) is 1. The SMILES string of the molecule is CCOc1ccc(-c2cccc(/C=N/c3ccc(OCC(=O)O)cc3)c2)c(C)c1. The number of carbonyl (C=O) groups is 1. The van der Waals surface area contributed by atoms with Crippen LogP contribution in [0.1, 0.15) is 18.1 Å². The number of hydrogen-bond acceptors (Lipinski definition) is 4. The highest BCUT2D eigenvalue weighted by Gasteiger charge is 2.04. The summed E-state index contributed by atoms with van der Waals surface area (Å²) >= 11 is 0. The molecule has 0 atom stereocenters. The summed E-state index contributed by atoms with van der Waals surface area (Å²) in [6.45, 7) is 4.34. The van der Waals surface area contributed by atoms with Crippen molar-refractivity contribution in [2.45, 2.75) is 13.8 Å². The van der Waals surface area contributed by atoms with E-state index in [2.05, 4.69) is 30.1 Å². The zero-order valence-corrected chi connectivity index (χ0v) is 16.5. The van der Waals surface area contributed by atoms with Crippen LogP contribution in [0.25, 0.3) is 11.1 Å². The fraction of sp³-hybridized carbons (Fsp3) is 0.167. The number of aryl methyl sites for hydroxylation is 1. The van der Waals surface area contributed by atoms with Gasteiger partial charge in [0.1, 0.15) is 11.5 Å². The molecule has 0 spiro atoms. The van der Waals surface area contributed by atoms with Crippen LogP contribution in [0.4, 0.5) is 5.69 Å². The molecule has 3 aromatic rings. The van der Waals surface area contributed by atoms with Crippen LogP contribution in [0.5, 0.6) is 11.5 Å². The second kappa shape index (κ2) is 9.55. The topological polar surface area (TPSA) is 68.1 Å². The Morgan fingerprint density at radius 2 is 1.76 bits per heavy atom. The largest absolute Gasteiger partial charge is 0.494 e.